The summed E-state index contributed by atoms with van der Waals surface area (Å²) in [5.74, 6) is 1.32. The fourth-order valence-electron chi connectivity index (χ4n) is 2.14. The fraction of sp³-hybridized carbons (Fsp3) is 0.188. The Bertz CT molecular complexity index is 658. The van der Waals surface area contributed by atoms with Crippen LogP contribution in [-0.2, 0) is 11.2 Å². The van der Waals surface area contributed by atoms with E-state index in [4.69, 9.17) is 9.47 Å². The highest BCUT2D eigenvalue weighted by atomic mass is 79.9. The second-order valence-corrected chi connectivity index (χ2v) is 5.53. The summed E-state index contributed by atoms with van der Waals surface area (Å²) in [6.45, 7) is 1.08. The normalized spacial score (nSPS) is 12.8. The zero-order valence-corrected chi connectivity index (χ0v) is 12.9. The molecule has 1 amide bonds. The Kier molecular flexibility index (Phi) is 4.10. The Labute approximate surface area is 131 Å². The van der Waals surface area contributed by atoms with Crippen molar-refractivity contribution in [3.05, 3.63) is 52.5 Å². The second kappa shape index (κ2) is 6.18. The average molecular weight is 348 g/mol. The van der Waals surface area contributed by atoms with Crippen LogP contribution in [0.4, 0.5) is 5.69 Å². The molecular formula is C16H14BrNO3. The van der Waals surface area contributed by atoms with E-state index in [0.29, 0.717) is 24.7 Å². The number of hydrogen-bond acceptors (Lipinski definition) is 3. The maximum Gasteiger partial charge on any atom is 0.228 e. The number of rotatable bonds is 3. The van der Waals surface area contributed by atoms with Gasteiger partial charge in [-0.25, -0.2) is 0 Å². The lowest BCUT2D eigenvalue weighted by Gasteiger charge is -2.19. The molecule has 108 valence electrons. The number of halogens is 1. The number of para-hydroxylation sites is 1. The first-order chi connectivity index (χ1) is 10.2. The minimum Gasteiger partial charge on any atom is -0.486 e. The molecule has 0 spiro atoms. The van der Waals surface area contributed by atoms with Gasteiger partial charge in [-0.15, -0.1) is 0 Å². The molecule has 0 aromatic heterocycles. The summed E-state index contributed by atoms with van der Waals surface area (Å²) < 4.78 is 11.9. The van der Waals surface area contributed by atoms with Crippen molar-refractivity contribution in [2.75, 3.05) is 18.5 Å². The average Bonchev–Trinajstić information content (AvgIpc) is 2.49. The van der Waals surface area contributed by atoms with Gasteiger partial charge in [-0.05, 0) is 29.8 Å². The van der Waals surface area contributed by atoms with Crippen molar-refractivity contribution in [3.8, 4) is 11.5 Å². The highest BCUT2D eigenvalue weighted by Gasteiger charge is 2.16. The lowest BCUT2D eigenvalue weighted by Crippen LogP contribution is -2.17. The van der Waals surface area contributed by atoms with Crippen molar-refractivity contribution in [3.63, 3.8) is 0 Å². The summed E-state index contributed by atoms with van der Waals surface area (Å²) in [5.41, 5.74) is 1.66. The molecule has 2 aromatic carbocycles. The van der Waals surface area contributed by atoms with Crippen molar-refractivity contribution in [2.24, 2.45) is 0 Å². The van der Waals surface area contributed by atoms with Crippen molar-refractivity contribution >= 4 is 27.5 Å². The van der Waals surface area contributed by atoms with Crippen molar-refractivity contribution in [1.29, 1.82) is 0 Å². The molecule has 4 nitrogen and oxygen atoms in total. The highest BCUT2D eigenvalue weighted by Crippen LogP contribution is 2.35. The Morgan fingerprint density at radius 2 is 1.76 bits per heavy atom. The maximum absolute atomic E-state index is 12.1. The third-order valence-corrected chi connectivity index (χ3v) is 3.86. The van der Waals surface area contributed by atoms with Gasteiger partial charge in [0.05, 0.1) is 6.42 Å². The summed E-state index contributed by atoms with van der Waals surface area (Å²) in [6, 6.07) is 13.1. The molecule has 0 unspecified atom stereocenters. The van der Waals surface area contributed by atoms with Crippen LogP contribution < -0.4 is 14.8 Å². The van der Waals surface area contributed by atoms with Gasteiger partial charge in [-0.1, -0.05) is 34.1 Å². The van der Waals surface area contributed by atoms with E-state index in [1.54, 1.807) is 0 Å². The molecule has 21 heavy (non-hydrogen) atoms. The zero-order chi connectivity index (χ0) is 14.7. The molecule has 5 heteroatoms. The minimum atomic E-state index is -0.0708. The third-order valence-electron chi connectivity index (χ3n) is 3.12. The number of nitrogens with one attached hydrogen (secondary N) is 1. The van der Waals surface area contributed by atoms with Crippen LogP contribution in [-0.4, -0.2) is 19.1 Å². The van der Waals surface area contributed by atoms with Crippen molar-refractivity contribution < 1.29 is 14.3 Å². The molecule has 1 aliphatic heterocycles. The standard InChI is InChI=1S/C16H14BrNO3/c17-13-10-15-14(20-6-7-21-15)8-11(13)9-16(19)18-12-4-2-1-3-5-12/h1-5,8,10H,6-7,9H2,(H,18,19). The van der Waals surface area contributed by atoms with E-state index in [9.17, 15) is 4.79 Å². The summed E-state index contributed by atoms with van der Waals surface area (Å²) in [7, 11) is 0. The van der Waals surface area contributed by atoms with Crippen LogP contribution in [0.1, 0.15) is 5.56 Å². The van der Waals surface area contributed by atoms with Crippen LogP contribution in [0.2, 0.25) is 0 Å². The Morgan fingerprint density at radius 3 is 2.48 bits per heavy atom. The van der Waals surface area contributed by atoms with E-state index < -0.39 is 0 Å². The third kappa shape index (κ3) is 3.36. The van der Waals surface area contributed by atoms with Gasteiger partial charge in [0.2, 0.25) is 5.91 Å². The number of fused-ring (bicyclic) bond motifs is 1. The number of amides is 1. The molecule has 0 aliphatic carbocycles. The summed E-state index contributed by atoms with van der Waals surface area (Å²) in [5, 5.41) is 2.87. The molecule has 1 heterocycles. The van der Waals surface area contributed by atoms with E-state index in [-0.39, 0.29) is 12.3 Å². The lowest BCUT2D eigenvalue weighted by molar-refractivity contribution is -0.115. The molecule has 1 aliphatic rings. The molecule has 1 N–H and O–H groups in total. The van der Waals surface area contributed by atoms with Gasteiger partial charge >= 0.3 is 0 Å². The van der Waals surface area contributed by atoms with Crippen LogP contribution in [0.25, 0.3) is 0 Å². The molecule has 2 aromatic rings. The second-order valence-electron chi connectivity index (χ2n) is 4.68. The van der Waals surface area contributed by atoms with Gasteiger partial charge in [-0.3, -0.25) is 4.79 Å². The summed E-state index contributed by atoms with van der Waals surface area (Å²) >= 11 is 3.47. The van der Waals surface area contributed by atoms with E-state index in [1.807, 2.05) is 42.5 Å². The molecule has 3 rings (SSSR count). The lowest BCUT2D eigenvalue weighted by atomic mass is 10.1. The van der Waals surface area contributed by atoms with Crippen molar-refractivity contribution in [2.45, 2.75) is 6.42 Å². The van der Waals surface area contributed by atoms with Gasteiger partial charge in [0.1, 0.15) is 13.2 Å². The first-order valence-corrected chi connectivity index (χ1v) is 7.44. The molecule has 0 radical (unpaired) electrons. The largest absolute Gasteiger partial charge is 0.486 e. The Balaban J connectivity index is 1.74. The first-order valence-electron chi connectivity index (χ1n) is 6.65. The van der Waals surface area contributed by atoms with Crippen LogP contribution in [0, 0.1) is 0 Å². The smallest absolute Gasteiger partial charge is 0.228 e. The Hall–Kier alpha value is -2.01. The summed E-state index contributed by atoms with van der Waals surface area (Å²) in [4.78, 5) is 12.1. The Morgan fingerprint density at radius 1 is 1.10 bits per heavy atom. The van der Waals surface area contributed by atoms with Crippen LogP contribution in [0.3, 0.4) is 0 Å². The van der Waals surface area contributed by atoms with E-state index in [0.717, 1.165) is 15.7 Å². The monoisotopic (exact) mass is 347 g/mol. The minimum absolute atomic E-state index is 0.0708. The van der Waals surface area contributed by atoms with E-state index >= 15 is 0 Å². The number of ether oxygens (including phenoxy) is 2. The van der Waals surface area contributed by atoms with Gasteiger partial charge in [0.15, 0.2) is 11.5 Å². The zero-order valence-electron chi connectivity index (χ0n) is 11.3. The van der Waals surface area contributed by atoms with Gasteiger partial charge in [0, 0.05) is 10.2 Å². The van der Waals surface area contributed by atoms with Gasteiger partial charge in [0.25, 0.3) is 0 Å². The topological polar surface area (TPSA) is 47.6 Å². The quantitative estimate of drug-likeness (QED) is 0.925. The molecule has 0 saturated carbocycles. The number of anilines is 1. The first kappa shape index (κ1) is 13.9. The van der Waals surface area contributed by atoms with E-state index in [2.05, 4.69) is 21.2 Å². The van der Waals surface area contributed by atoms with E-state index in [1.165, 1.54) is 0 Å². The predicted octanol–water partition coefficient (Wildman–Crippen LogP) is 3.40. The van der Waals surface area contributed by atoms with Gasteiger partial charge < -0.3 is 14.8 Å². The molecular weight excluding hydrogens is 334 g/mol. The maximum atomic E-state index is 12.1. The van der Waals surface area contributed by atoms with Crippen LogP contribution >= 0.6 is 15.9 Å². The van der Waals surface area contributed by atoms with Crippen LogP contribution in [0.15, 0.2) is 46.9 Å². The van der Waals surface area contributed by atoms with Gasteiger partial charge in [-0.2, -0.15) is 0 Å². The predicted molar refractivity (Wildman–Crippen MR) is 83.9 cm³/mol. The number of carbonyl (C=O) groups excluding carboxylic acids is 1. The number of carbonyl (C=O) groups is 1. The van der Waals surface area contributed by atoms with Crippen LogP contribution in [0.5, 0.6) is 11.5 Å². The fourth-order valence-corrected chi connectivity index (χ4v) is 2.60. The van der Waals surface area contributed by atoms with Crippen molar-refractivity contribution in [1.82, 2.24) is 0 Å². The SMILES string of the molecule is O=C(Cc1cc2c(cc1Br)OCCO2)Nc1ccccc1. The molecule has 0 fully saturated rings. The number of hydrogen-bond donors (Lipinski definition) is 1. The molecule has 0 saturated heterocycles. The molecule has 0 bridgehead atoms. The number of benzene rings is 2. The molecule has 0 atom stereocenters. The summed E-state index contributed by atoms with van der Waals surface area (Å²) in [6.07, 6.45) is 0.270. The highest BCUT2D eigenvalue weighted by molar-refractivity contribution is 9.10.